The summed E-state index contributed by atoms with van der Waals surface area (Å²) in [5.41, 5.74) is 1.31. The molecular weight excluding hydrogens is 448 g/mol. The van der Waals surface area contributed by atoms with Gasteiger partial charge >= 0.3 is 17.1 Å². The fourth-order valence-electron chi connectivity index (χ4n) is 8.04. The molecule has 10 radical (unpaired) electrons. The third-order valence-electron chi connectivity index (χ3n) is 9.86. The maximum absolute atomic E-state index is 13.4. The molecule has 2 nitrogen and oxygen atoms in total. The van der Waals surface area contributed by atoms with Gasteiger partial charge in [0, 0.05) is 11.3 Å². The Bertz CT molecular complexity index is 713. The van der Waals surface area contributed by atoms with Crippen LogP contribution >= 0.6 is 0 Å². The van der Waals surface area contributed by atoms with Crippen LogP contribution in [0.25, 0.3) is 0 Å². The summed E-state index contributed by atoms with van der Waals surface area (Å²) in [7, 11) is 0. The number of aliphatic hydroxyl groups excluding tert-OH is 1. The van der Waals surface area contributed by atoms with Gasteiger partial charge in [0.1, 0.15) is 0 Å². The van der Waals surface area contributed by atoms with Crippen molar-refractivity contribution in [2.75, 3.05) is 0 Å². The average Bonchev–Trinajstić information content (AvgIpc) is 3.55. The Kier molecular flexibility index (Phi) is 8.24. The number of carbonyl (C=O) groups excluding carboxylic acids is 1. The van der Waals surface area contributed by atoms with Crippen molar-refractivity contribution >= 4 is 5.78 Å². The largest absolute Gasteiger partial charge is 2.00 e. The number of carbonyl (C=O) groups is 1. The van der Waals surface area contributed by atoms with Crippen molar-refractivity contribution in [1.29, 1.82) is 0 Å². The van der Waals surface area contributed by atoms with Crippen molar-refractivity contribution in [3.8, 4) is 0 Å². The fraction of sp³-hybridized carbons (Fsp3) is 0.567. The third kappa shape index (κ3) is 4.82. The summed E-state index contributed by atoms with van der Waals surface area (Å²) in [4.78, 5) is 13.4. The van der Waals surface area contributed by atoms with Gasteiger partial charge in [-0.2, -0.15) is 0 Å². The molecule has 0 heterocycles. The zero-order valence-corrected chi connectivity index (χ0v) is 21.1. The molecule has 6 aliphatic carbocycles. The molecule has 0 aliphatic heterocycles. The zero-order valence-electron chi connectivity index (χ0n) is 20.0. The molecule has 33 heavy (non-hydrogen) atoms. The van der Waals surface area contributed by atoms with E-state index in [1.807, 2.05) is 32.1 Å². The number of rotatable bonds is 1. The standard InChI is InChI=1S/C25H33O2.C5H5.Fe/c1-24-11-9-19(26)15-18(24)7-8-20-21(24)10-12-25(2)22(20)14-17(23(25)27)13-16-5-3-4-6-16;1-2-4-5-3-1;/h3-6,13,18-22,26H,7-12,14-15H2,1-2H3;1-5H;/q;;+2/b17-13+;;/t18-,19+,20+,21-,22-,24-,25-;;/m0../s1. The van der Waals surface area contributed by atoms with E-state index in [0.717, 1.165) is 37.2 Å². The predicted octanol–water partition coefficient (Wildman–Crippen LogP) is 5.92. The number of Topliss-reactive ketones (excluding diaryl/α,β-unsaturated/α-hetero) is 1. The minimum atomic E-state index is -0.142. The van der Waals surface area contributed by atoms with Crippen molar-refractivity contribution in [2.24, 2.45) is 34.5 Å². The van der Waals surface area contributed by atoms with Gasteiger partial charge in [0.05, 0.1) is 6.10 Å². The Morgan fingerprint density at radius 3 is 2.21 bits per heavy atom. The molecule has 1 N–H and O–H groups in total. The summed E-state index contributed by atoms with van der Waals surface area (Å²) < 4.78 is 0. The Hall–Kier alpha value is -0.111. The van der Waals surface area contributed by atoms with E-state index in [9.17, 15) is 9.90 Å². The molecule has 6 fully saturated rings. The van der Waals surface area contributed by atoms with Crippen LogP contribution in [-0.2, 0) is 21.9 Å². The van der Waals surface area contributed by atoms with E-state index in [-0.39, 0.29) is 28.6 Å². The molecular formula is C30H38FeO2+2. The van der Waals surface area contributed by atoms with Crippen LogP contribution in [0.5, 0.6) is 0 Å². The van der Waals surface area contributed by atoms with Crippen LogP contribution in [0.2, 0.25) is 0 Å². The van der Waals surface area contributed by atoms with E-state index < -0.39 is 0 Å². The quantitative estimate of drug-likeness (QED) is 0.369. The van der Waals surface area contributed by atoms with Gasteiger partial charge in [0.15, 0.2) is 5.78 Å². The van der Waals surface area contributed by atoms with Crippen LogP contribution in [0.1, 0.15) is 65.2 Å². The van der Waals surface area contributed by atoms with Crippen LogP contribution < -0.4 is 0 Å². The van der Waals surface area contributed by atoms with Gasteiger partial charge in [0.25, 0.3) is 0 Å². The number of hydrogen-bond acceptors (Lipinski definition) is 2. The molecule has 0 aromatic carbocycles. The smallest absolute Gasteiger partial charge is 0.393 e. The van der Waals surface area contributed by atoms with E-state index in [0.29, 0.717) is 29.0 Å². The van der Waals surface area contributed by atoms with E-state index in [2.05, 4.69) is 45.6 Å². The summed E-state index contributed by atoms with van der Waals surface area (Å²) in [6.07, 6.45) is 29.3. The molecule has 0 amide bonds. The maximum atomic E-state index is 13.4. The van der Waals surface area contributed by atoms with Gasteiger partial charge in [-0.05, 0) is 144 Å². The molecule has 0 spiro atoms. The van der Waals surface area contributed by atoms with Gasteiger partial charge in [-0.3, -0.25) is 4.79 Å². The molecule has 6 saturated carbocycles. The first-order valence-corrected chi connectivity index (χ1v) is 12.7. The fourth-order valence-corrected chi connectivity index (χ4v) is 8.04. The van der Waals surface area contributed by atoms with Gasteiger partial charge in [-0.25, -0.2) is 0 Å². The summed E-state index contributed by atoms with van der Waals surface area (Å²) in [6, 6.07) is 0. The van der Waals surface area contributed by atoms with Crippen LogP contribution in [0, 0.1) is 98.2 Å². The van der Waals surface area contributed by atoms with Crippen molar-refractivity contribution in [3.63, 3.8) is 0 Å². The Morgan fingerprint density at radius 1 is 0.879 bits per heavy atom. The minimum Gasteiger partial charge on any atom is -0.393 e. The van der Waals surface area contributed by atoms with Crippen molar-refractivity contribution in [2.45, 2.75) is 71.3 Å². The van der Waals surface area contributed by atoms with Gasteiger partial charge in [-0.15, -0.1) is 0 Å². The first-order chi connectivity index (χ1) is 15.4. The number of aliphatic hydroxyl groups is 1. The first kappa shape index (κ1) is 26.0. The second-order valence-electron chi connectivity index (χ2n) is 11.4. The van der Waals surface area contributed by atoms with E-state index in [4.69, 9.17) is 0 Å². The summed E-state index contributed by atoms with van der Waals surface area (Å²) >= 11 is 0. The average molecular weight is 486 g/mol. The number of allylic oxidation sites excluding steroid dienone is 2. The second kappa shape index (κ2) is 10.5. The number of fused-ring (bicyclic) bond motifs is 5. The molecule has 0 bridgehead atoms. The molecule has 0 aromatic heterocycles. The van der Waals surface area contributed by atoms with E-state index >= 15 is 0 Å². The van der Waals surface area contributed by atoms with Gasteiger partial charge in [0.2, 0.25) is 0 Å². The molecule has 0 unspecified atom stereocenters. The van der Waals surface area contributed by atoms with E-state index in [1.54, 1.807) is 0 Å². The predicted molar refractivity (Wildman–Crippen MR) is 128 cm³/mol. The second-order valence-corrected chi connectivity index (χ2v) is 11.4. The molecule has 176 valence electrons. The SMILES string of the molecule is C[C@]12CC[C@@H](O)C[C@@H]1CC[C@@H]1[C@@H]2CC[C@]2(C)C(=O)/C(=C/[C]3[CH][CH][CH][CH]3)C[C@@H]12.[CH]1[CH][CH][CH][CH]1.[Fe+2]. The Morgan fingerprint density at radius 2 is 1.55 bits per heavy atom. The van der Waals surface area contributed by atoms with Gasteiger partial charge in [-0.1, -0.05) is 19.9 Å². The molecule has 7 atom stereocenters. The number of hydrogen-bond donors (Lipinski definition) is 1. The minimum absolute atomic E-state index is 0. The topological polar surface area (TPSA) is 37.3 Å². The number of ketones is 1. The third-order valence-corrected chi connectivity index (χ3v) is 9.86. The summed E-state index contributed by atoms with van der Waals surface area (Å²) in [5.74, 6) is 4.24. The van der Waals surface area contributed by atoms with Crippen molar-refractivity contribution in [1.82, 2.24) is 0 Å². The van der Waals surface area contributed by atoms with Crippen molar-refractivity contribution < 1.29 is 27.0 Å². The first-order valence-electron chi connectivity index (χ1n) is 12.7. The Balaban J connectivity index is 0.000000385. The van der Waals surface area contributed by atoms with Crippen LogP contribution in [0.4, 0.5) is 0 Å². The summed E-state index contributed by atoms with van der Waals surface area (Å²) in [5, 5.41) is 10.2. The van der Waals surface area contributed by atoms with Crippen LogP contribution in [0.15, 0.2) is 11.6 Å². The molecule has 6 rings (SSSR count). The van der Waals surface area contributed by atoms with Crippen molar-refractivity contribution in [3.05, 3.63) is 75.4 Å². The van der Waals surface area contributed by atoms with Gasteiger partial charge < -0.3 is 5.11 Å². The van der Waals surface area contributed by atoms with E-state index in [1.165, 1.54) is 31.6 Å². The van der Waals surface area contributed by atoms with Crippen LogP contribution in [-0.4, -0.2) is 17.0 Å². The normalized spacial score (nSPS) is 46.1. The Labute approximate surface area is 213 Å². The maximum Gasteiger partial charge on any atom is 2.00 e. The molecule has 0 aromatic rings. The zero-order chi connectivity index (χ0) is 22.3. The summed E-state index contributed by atoms with van der Waals surface area (Å²) in [6.45, 7) is 4.78. The molecule has 0 saturated heterocycles. The monoisotopic (exact) mass is 486 g/mol. The molecule has 3 heteroatoms. The molecule has 6 aliphatic rings. The van der Waals surface area contributed by atoms with Crippen LogP contribution in [0.3, 0.4) is 0 Å².